The molecule has 1 aliphatic carbocycles. The van der Waals surface area contributed by atoms with Crippen molar-refractivity contribution in [3.05, 3.63) is 0 Å². The van der Waals surface area contributed by atoms with Crippen molar-refractivity contribution in [3.8, 4) is 0 Å². The Balaban J connectivity index is 3.01. The molecule has 0 aromatic rings. The fourth-order valence-electron chi connectivity index (χ4n) is 1.62. The fraction of sp³-hybridized carbons (Fsp3) is 0.889. The first-order chi connectivity index (χ1) is 8.03. The summed E-state index contributed by atoms with van der Waals surface area (Å²) in [6, 6.07) is 0. The predicted octanol–water partition coefficient (Wildman–Crippen LogP) is 2.51. The van der Waals surface area contributed by atoms with Gasteiger partial charge in [0, 0.05) is 0 Å². The van der Waals surface area contributed by atoms with Gasteiger partial charge in [0.1, 0.15) is 6.10 Å². The van der Waals surface area contributed by atoms with E-state index in [1.807, 2.05) is 0 Å². The minimum absolute atomic E-state index is 0.242. The molecule has 0 heterocycles. The van der Waals surface area contributed by atoms with Crippen LogP contribution >= 0.6 is 47.8 Å². The van der Waals surface area contributed by atoms with Gasteiger partial charge >= 0.3 is 5.97 Å². The van der Waals surface area contributed by atoms with Gasteiger partial charge in [-0.3, -0.25) is 8.98 Å². The van der Waals surface area contributed by atoms with E-state index < -0.39 is 29.7 Å². The van der Waals surface area contributed by atoms with Crippen molar-refractivity contribution in [1.82, 2.24) is 0 Å². The lowest BCUT2D eigenvalue weighted by atomic mass is 10.0. The molecular formula is C9H13Br3O5S. The Morgan fingerprint density at radius 3 is 2.17 bits per heavy atom. The number of carbonyl (C=O) groups is 1. The van der Waals surface area contributed by atoms with Gasteiger partial charge in [0.25, 0.3) is 10.1 Å². The second-order valence-electron chi connectivity index (χ2n) is 4.10. The van der Waals surface area contributed by atoms with Crippen molar-refractivity contribution in [2.24, 2.45) is 5.41 Å². The number of ether oxygens (including phenoxy) is 1. The van der Waals surface area contributed by atoms with Crippen LogP contribution in [0.25, 0.3) is 0 Å². The largest absolute Gasteiger partial charge is 0.465 e. The molecule has 0 N–H and O–H groups in total. The van der Waals surface area contributed by atoms with Crippen molar-refractivity contribution in [3.63, 3.8) is 0 Å². The first kappa shape index (κ1) is 16.9. The van der Waals surface area contributed by atoms with Crippen LogP contribution in [0.3, 0.4) is 0 Å². The molecule has 1 atom stereocenters. The third-order valence-corrected chi connectivity index (χ3v) is 4.33. The molecule has 1 saturated carbocycles. The Labute approximate surface area is 131 Å². The van der Waals surface area contributed by atoms with Crippen molar-refractivity contribution >= 4 is 63.9 Å². The van der Waals surface area contributed by atoms with Crippen LogP contribution in [0.2, 0.25) is 0 Å². The van der Waals surface area contributed by atoms with Gasteiger partial charge in [0.2, 0.25) is 0 Å². The highest BCUT2D eigenvalue weighted by Crippen LogP contribution is 2.59. The first-order valence-corrected chi connectivity index (χ1v) is 9.34. The second kappa shape index (κ2) is 5.67. The molecule has 0 aromatic heterocycles. The average Bonchev–Trinajstić information content (AvgIpc) is 2.92. The smallest absolute Gasteiger partial charge is 0.314 e. The molecule has 5 nitrogen and oxygen atoms in total. The number of alkyl halides is 3. The van der Waals surface area contributed by atoms with Crippen molar-refractivity contribution in [2.75, 3.05) is 12.9 Å². The van der Waals surface area contributed by atoms with Crippen molar-refractivity contribution < 1.29 is 22.1 Å². The average molecular weight is 473 g/mol. The van der Waals surface area contributed by atoms with E-state index in [4.69, 9.17) is 8.92 Å². The van der Waals surface area contributed by atoms with Gasteiger partial charge in [0.05, 0.1) is 18.3 Å². The van der Waals surface area contributed by atoms with E-state index >= 15 is 0 Å². The van der Waals surface area contributed by atoms with E-state index in [0.29, 0.717) is 12.8 Å². The van der Waals surface area contributed by atoms with Gasteiger partial charge in [-0.1, -0.05) is 47.8 Å². The topological polar surface area (TPSA) is 69.7 Å². The molecule has 9 heteroatoms. The molecule has 106 valence electrons. The molecule has 0 bridgehead atoms. The maximum atomic E-state index is 11.9. The van der Waals surface area contributed by atoms with Gasteiger partial charge in [-0.05, 0) is 19.8 Å². The van der Waals surface area contributed by atoms with Crippen LogP contribution in [0.1, 0.15) is 19.8 Å². The molecule has 1 fully saturated rings. The summed E-state index contributed by atoms with van der Waals surface area (Å²) >= 11 is 9.69. The maximum Gasteiger partial charge on any atom is 0.314 e. The fourth-order valence-corrected chi connectivity index (χ4v) is 4.26. The summed E-state index contributed by atoms with van der Waals surface area (Å²) in [4.78, 5) is 11.9. The molecule has 1 aliphatic rings. The number of hydrogen-bond donors (Lipinski definition) is 0. The van der Waals surface area contributed by atoms with Crippen LogP contribution in [0.4, 0.5) is 0 Å². The molecule has 0 amide bonds. The molecule has 0 aliphatic heterocycles. The summed E-state index contributed by atoms with van der Waals surface area (Å²) in [5.41, 5.74) is -0.935. The Morgan fingerprint density at radius 2 is 1.89 bits per heavy atom. The highest BCUT2D eigenvalue weighted by atomic mass is 80.0. The molecule has 18 heavy (non-hydrogen) atoms. The van der Waals surface area contributed by atoms with Gasteiger partial charge in [-0.15, -0.1) is 0 Å². The van der Waals surface area contributed by atoms with Crippen LogP contribution in [0.5, 0.6) is 0 Å². The van der Waals surface area contributed by atoms with E-state index in [1.165, 1.54) is 0 Å². The number of halogens is 3. The zero-order chi connectivity index (χ0) is 14.2. The summed E-state index contributed by atoms with van der Waals surface area (Å²) in [7, 11) is -3.70. The third kappa shape index (κ3) is 4.16. The molecule has 0 spiro atoms. The maximum absolute atomic E-state index is 11.9. The van der Waals surface area contributed by atoms with Crippen LogP contribution < -0.4 is 0 Å². The summed E-state index contributed by atoms with van der Waals surface area (Å²) in [5.74, 6) is -0.443. The van der Waals surface area contributed by atoms with E-state index in [-0.39, 0.29) is 6.61 Å². The lowest BCUT2D eigenvalue weighted by Gasteiger charge is -2.30. The Bertz CT molecular complexity index is 424. The highest BCUT2D eigenvalue weighted by molar-refractivity contribution is 9.39. The van der Waals surface area contributed by atoms with Crippen LogP contribution in [0, 0.1) is 5.41 Å². The summed E-state index contributed by atoms with van der Waals surface area (Å²) in [6.07, 6.45) is 1.06. The number of carbonyl (C=O) groups excluding carboxylic acids is 1. The van der Waals surface area contributed by atoms with Crippen LogP contribution in [-0.2, 0) is 23.8 Å². The van der Waals surface area contributed by atoms with Gasteiger partial charge < -0.3 is 4.74 Å². The third-order valence-electron chi connectivity index (χ3n) is 2.54. The predicted molar refractivity (Wildman–Crippen MR) is 77.5 cm³/mol. The summed E-state index contributed by atoms with van der Waals surface area (Å²) in [6.45, 7) is 1.94. The number of hydrogen-bond acceptors (Lipinski definition) is 5. The molecule has 0 aromatic carbocycles. The zero-order valence-electron chi connectivity index (χ0n) is 9.78. The number of rotatable bonds is 5. The highest BCUT2D eigenvalue weighted by Gasteiger charge is 2.64. The Kier molecular flexibility index (Phi) is 5.31. The van der Waals surface area contributed by atoms with Crippen molar-refractivity contribution in [1.29, 1.82) is 0 Å². The summed E-state index contributed by atoms with van der Waals surface area (Å²) < 4.78 is 31.6. The molecular weight excluding hydrogens is 460 g/mol. The molecule has 1 rings (SSSR count). The van der Waals surface area contributed by atoms with E-state index in [9.17, 15) is 13.2 Å². The van der Waals surface area contributed by atoms with Crippen LogP contribution in [-0.4, -0.2) is 35.5 Å². The second-order valence-corrected chi connectivity index (χ2v) is 12.6. The summed E-state index contributed by atoms with van der Waals surface area (Å²) in [5, 5.41) is 0. The number of esters is 1. The van der Waals surface area contributed by atoms with Gasteiger partial charge in [-0.25, -0.2) is 0 Å². The zero-order valence-corrected chi connectivity index (χ0v) is 15.4. The lowest BCUT2D eigenvalue weighted by Crippen LogP contribution is -2.43. The van der Waals surface area contributed by atoms with Crippen LogP contribution in [0.15, 0.2) is 0 Å². The van der Waals surface area contributed by atoms with E-state index in [0.717, 1.165) is 6.26 Å². The normalized spacial score (nSPS) is 20.3. The standard InChI is InChI=1S/C9H13Br3O5S/c1-3-16-7(13)8(4-5-8)6(9(10,11)12)17-18(2,14)15/h6H,3-5H2,1-2H3. The van der Waals surface area contributed by atoms with Crippen molar-refractivity contribution in [2.45, 2.75) is 28.0 Å². The first-order valence-electron chi connectivity index (χ1n) is 5.15. The minimum Gasteiger partial charge on any atom is -0.465 e. The Hall–Kier alpha value is 0.820. The molecule has 1 unspecified atom stereocenters. The SMILES string of the molecule is CCOC(=O)C1(C(OS(C)(=O)=O)C(Br)(Br)Br)CC1. The quantitative estimate of drug-likeness (QED) is 0.349. The minimum atomic E-state index is -3.70. The van der Waals surface area contributed by atoms with Gasteiger partial charge in [0.15, 0.2) is 2.14 Å². The van der Waals surface area contributed by atoms with E-state index in [2.05, 4.69) is 47.8 Å². The van der Waals surface area contributed by atoms with E-state index in [1.54, 1.807) is 6.92 Å². The lowest BCUT2D eigenvalue weighted by molar-refractivity contribution is -0.153. The van der Waals surface area contributed by atoms with Gasteiger partial charge in [-0.2, -0.15) is 8.42 Å². The molecule has 0 radical (unpaired) electrons. The monoisotopic (exact) mass is 470 g/mol. The Morgan fingerprint density at radius 1 is 1.39 bits per heavy atom. The molecule has 0 saturated heterocycles.